The standard InChI is InChI=1S/C16H23BrN2O2/c1-4-5-8-11-18-14(20)16(2,3)15(21)19-13-10-7-6-9-12(13)17/h6-7,9-10H,4-5,8,11H2,1-3H3,(H,18,20)(H,19,21). The Morgan fingerprint density at radius 3 is 2.43 bits per heavy atom. The van der Waals surface area contributed by atoms with Crippen molar-refractivity contribution in [2.24, 2.45) is 5.41 Å². The van der Waals surface area contributed by atoms with Gasteiger partial charge in [0.2, 0.25) is 11.8 Å². The summed E-state index contributed by atoms with van der Waals surface area (Å²) in [6.07, 6.45) is 3.11. The molecule has 1 aromatic carbocycles. The minimum atomic E-state index is -1.11. The highest BCUT2D eigenvalue weighted by Gasteiger charge is 2.36. The summed E-state index contributed by atoms with van der Waals surface area (Å²) < 4.78 is 0.789. The fourth-order valence-electron chi connectivity index (χ4n) is 1.74. The lowest BCUT2D eigenvalue weighted by Crippen LogP contribution is -2.45. The molecule has 1 aromatic rings. The fraction of sp³-hybridized carbons (Fsp3) is 0.500. The zero-order chi connectivity index (χ0) is 15.9. The molecule has 0 aliphatic rings. The number of hydrogen-bond acceptors (Lipinski definition) is 2. The van der Waals surface area contributed by atoms with Gasteiger partial charge in [-0.05, 0) is 48.3 Å². The molecular weight excluding hydrogens is 332 g/mol. The molecule has 2 amide bonds. The SMILES string of the molecule is CCCCCNC(=O)C(C)(C)C(=O)Nc1ccccc1Br. The van der Waals surface area contributed by atoms with Crippen molar-refractivity contribution in [1.82, 2.24) is 5.32 Å². The van der Waals surface area contributed by atoms with Crippen LogP contribution in [0.2, 0.25) is 0 Å². The molecule has 5 heteroatoms. The highest BCUT2D eigenvalue weighted by molar-refractivity contribution is 9.10. The van der Waals surface area contributed by atoms with Crippen LogP contribution in [-0.4, -0.2) is 18.4 Å². The number of benzene rings is 1. The molecule has 116 valence electrons. The molecule has 0 spiro atoms. The molecule has 0 radical (unpaired) electrons. The summed E-state index contributed by atoms with van der Waals surface area (Å²) in [6, 6.07) is 7.33. The van der Waals surface area contributed by atoms with Gasteiger partial charge >= 0.3 is 0 Å². The molecule has 0 aliphatic heterocycles. The quantitative estimate of drug-likeness (QED) is 0.579. The topological polar surface area (TPSA) is 58.2 Å². The number of unbranched alkanes of at least 4 members (excludes halogenated alkanes) is 2. The molecule has 4 nitrogen and oxygen atoms in total. The Bertz CT molecular complexity index is 501. The summed E-state index contributed by atoms with van der Waals surface area (Å²) in [5.74, 6) is -0.564. The average molecular weight is 355 g/mol. The van der Waals surface area contributed by atoms with E-state index in [4.69, 9.17) is 0 Å². The van der Waals surface area contributed by atoms with Crippen LogP contribution in [0.1, 0.15) is 40.0 Å². The van der Waals surface area contributed by atoms with Gasteiger partial charge in [0.1, 0.15) is 5.41 Å². The third kappa shape index (κ3) is 5.16. The van der Waals surface area contributed by atoms with Gasteiger partial charge in [-0.3, -0.25) is 9.59 Å². The Morgan fingerprint density at radius 1 is 1.14 bits per heavy atom. The van der Waals surface area contributed by atoms with Gasteiger partial charge < -0.3 is 10.6 Å². The number of para-hydroxylation sites is 1. The molecule has 2 N–H and O–H groups in total. The second-order valence-corrected chi connectivity index (χ2v) is 6.38. The minimum Gasteiger partial charge on any atom is -0.355 e. The molecule has 0 fully saturated rings. The normalized spacial score (nSPS) is 11.0. The van der Waals surface area contributed by atoms with Crippen molar-refractivity contribution in [3.05, 3.63) is 28.7 Å². The van der Waals surface area contributed by atoms with Crippen molar-refractivity contribution < 1.29 is 9.59 Å². The number of carbonyl (C=O) groups is 2. The maximum Gasteiger partial charge on any atom is 0.239 e. The first-order valence-corrected chi connectivity index (χ1v) is 8.03. The van der Waals surface area contributed by atoms with Crippen molar-refractivity contribution in [2.75, 3.05) is 11.9 Å². The Labute approximate surface area is 134 Å². The van der Waals surface area contributed by atoms with Gasteiger partial charge in [0.15, 0.2) is 0 Å². The first-order chi connectivity index (χ1) is 9.89. The van der Waals surface area contributed by atoms with E-state index < -0.39 is 5.41 Å². The van der Waals surface area contributed by atoms with Crippen LogP contribution in [-0.2, 0) is 9.59 Å². The number of nitrogens with one attached hydrogen (secondary N) is 2. The van der Waals surface area contributed by atoms with E-state index in [1.165, 1.54) is 0 Å². The van der Waals surface area contributed by atoms with E-state index in [2.05, 4.69) is 33.5 Å². The lowest BCUT2D eigenvalue weighted by atomic mass is 9.91. The van der Waals surface area contributed by atoms with E-state index >= 15 is 0 Å². The van der Waals surface area contributed by atoms with Gasteiger partial charge in [-0.2, -0.15) is 0 Å². The molecule has 0 saturated carbocycles. The summed E-state index contributed by atoms with van der Waals surface area (Å²) in [4.78, 5) is 24.5. The molecule has 21 heavy (non-hydrogen) atoms. The van der Waals surface area contributed by atoms with Crippen molar-refractivity contribution in [2.45, 2.75) is 40.0 Å². The highest BCUT2D eigenvalue weighted by Crippen LogP contribution is 2.24. The van der Waals surface area contributed by atoms with E-state index in [9.17, 15) is 9.59 Å². The third-order valence-electron chi connectivity index (χ3n) is 3.32. The van der Waals surface area contributed by atoms with Crippen LogP contribution in [0.3, 0.4) is 0 Å². The first kappa shape index (κ1) is 17.7. The summed E-state index contributed by atoms with van der Waals surface area (Å²) in [6.45, 7) is 5.98. The number of carbonyl (C=O) groups excluding carboxylic acids is 2. The van der Waals surface area contributed by atoms with Gasteiger partial charge in [-0.15, -0.1) is 0 Å². The fourth-order valence-corrected chi connectivity index (χ4v) is 2.13. The van der Waals surface area contributed by atoms with Gasteiger partial charge in [0, 0.05) is 11.0 Å². The minimum absolute atomic E-state index is 0.247. The number of hydrogen-bond donors (Lipinski definition) is 2. The number of amides is 2. The van der Waals surface area contributed by atoms with E-state index in [1.54, 1.807) is 19.9 Å². The molecule has 0 heterocycles. The van der Waals surface area contributed by atoms with Crippen LogP contribution in [0.25, 0.3) is 0 Å². The van der Waals surface area contributed by atoms with Crippen molar-refractivity contribution in [1.29, 1.82) is 0 Å². The summed E-state index contributed by atoms with van der Waals surface area (Å²) >= 11 is 3.37. The van der Waals surface area contributed by atoms with E-state index in [1.807, 2.05) is 18.2 Å². The zero-order valence-corrected chi connectivity index (χ0v) is 14.4. The van der Waals surface area contributed by atoms with Gasteiger partial charge in [-0.1, -0.05) is 31.9 Å². The van der Waals surface area contributed by atoms with Crippen LogP contribution in [0.15, 0.2) is 28.7 Å². The molecule has 0 unspecified atom stereocenters. The van der Waals surface area contributed by atoms with Crippen LogP contribution in [0.5, 0.6) is 0 Å². The summed E-state index contributed by atoms with van der Waals surface area (Å²) in [5.41, 5.74) is -0.448. The molecule has 1 rings (SSSR count). The van der Waals surface area contributed by atoms with Gasteiger partial charge in [0.25, 0.3) is 0 Å². The predicted octanol–water partition coefficient (Wildman–Crippen LogP) is 3.72. The Morgan fingerprint density at radius 2 is 1.81 bits per heavy atom. The average Bonchev–Trinajstić information content (AvgIpc) is 2.45. The molecule has 0 bridgehead atoms. The number of rotatable bonds is 7. The Hall–Kier alpha value is -1.36. The molecular formula is C16H23BrN2O2. The largest absolute Gasteiger partial charge is 0.355 e. The maximum absolute atomic E-state index is 12.3. The van der Waals surface area contributed by atoms with E-state index in [-0.39, 0.29) is 11.8 Å². The predicted molar refractivity (Wildman–Crippen MR) is 89.1 cm³/mol. The third-order valence-corrected chi connectivity index (χ3v) is 4.01. The van der Waals surface area contributed by atoms with Gasteiger partial charge in [0.05, 0.1) is 5.69 Å². The molecule has 0 aromatic heterocycles. The maximum atomic E-state index is 12.3. The lowest BCUT2D eigenvalue weighted by Gasteiger charge is -2.23. The number of halogens is 1. The van der Waals surface area contributed by atoms with Crippen LogP contribution < -0.4 is 10.6 Å². The van der Waals surface area contributed by atoms with Crippen LogP contribution >= 0.6 is 15.9 Å². The monoisotopic (exact) mass is 354 g/mol. The van der Waals surface area contributed by atoms with Crippen molar-refractivity contribution >= 4 is 33.4 Å². The molecule has 0 atom stereocenters. The second-order valence-electron chi connectivity index (χ2n) is 5.52. The van der Waals surface area contributed by atoms with Crippen molar-refractivity contribution in [3.63, 3.8) is 0 Å². The molecule has 0 aliphatic carbocycles. The summed E-state index contributed by atoms with van der Waals surface area (Å²) in [5, 5.41) is 5.61. The first-order valence-electron chi connectivity index (χ1n) is 7.24. The second kappa shape index (κ2) is 8.17. The van der Waals surface area contributed by atoms with Crippen LogP contribution in [0.4, 0.5) is 5.69 Å². The summed E-state index contributed by atoms with van der Waals surface area (Å²) in [7, 11) is 0. The Balaban J connectivity index is 2.62. The van der Waals surface area contributed by atoms with E-state index in [0.717, 1.165) is 23.7 Å². The molecule has 0 saturated heterocycles. The van der Waals surface area contributed by atoms with Gasteiger partial charge in [-0.25, -0.2) is 0 Å². The lowest BCUT2D eigenvalue weighted by molar-refractivity contribution is -0.138. The van der Waals surface area contributed by atoms with Crippen molar-refractivity contribution in [3.8, 4) is 0 Å². The smallest absolute Gasteiger partial charge is 0.239 e. The highest BCUT2D eigenvalue weighted by atomic mass is 79.9. The Kier molecular flexibility index (Phi) is 6.89. The zero-order valence-electron chi connectivity index (χ0n) is 12.8. The van der Waals surface area contributed by atoms with E-state index in [0.29, 0.717) is 12.2 Å². The number of anilines is 1. The van der Waals surface area contributed by atoms with Crippen LogP contribution in [0, 0.1) is 5.41 Å².